The molecule has 2 N–H and O–H groups in total. The molecule has 0 bridgehead atoms. The Labute approximate surface area is 99.0 Å². The van der Waals surface area contributed by atoms with Gasteiger partial charge in [0.2, 0.25) is 0 Å². The van der Waals surface area contributed by atoms with Crippen molar-refractivity contribution in [3.63, 3.8) is 0 Å². The molecule has 1 aliphatic rings. The minimum Gasteiger partial charge on any atom is -0.321 e. The highest BCUT2D eigenvalue weighted by molar-refractivity contribution is 5.36. The molecule has 1 heteroatoms. The zero-order valence-corrected chi connectivity index (χ0v) is 10.9. The van der Waals surface area contributed by atoms with Crippen LogP contribution in [0.2, 0.25) is 0 Å². The van der Waals surface area contributed by atoms with Crippen molar-refractivity contribution in [2.45, 2.75) is 46.1 Å². The Morgan fingerprint density at radius 3 is 2.06 bits per heavy atom. The Kier molecular flexibility index (Phi) is 2.62. The Hall–Kier alpha value is -0.820. The summed E-state index contributed by atoms with van der Waals surface area (Å²) in [5.74, 6) is 0.718. The van der Waals surface area contributed by atoms with Crippen molar-refractivity contribution in [2.75, 3.05) is 0 Å². The zero-order valence-electron chi connectivity index (χ0n) is 10.9. The van der Waals surface area contributed by atoms with Gasteiger partial charge < -0.3 is 5.73 Å². The van der Waals surface area contributed by atoms with Crippen LogP contribution in [0.15, 0.2) is 24.3 Å². The smallest absolute Gasteiger partial charge is 0.0468 e. The highest BCUT2D eigenvalue weighted by Crippen LogP contribution is 2.60. The topological polar surface area (TPSA) is 26.0 Å². The Morgan fingerprint density at radius 1 is 1.19 bits per heavy atom. The van der Waals surface area contributed by atoms with E-state index in [-0.39, 0.29) is 11.0 Å². The van der Waals surface area contributed by atoms with Gasteiger partial charge in [0.15, 0.2) is 0 Å². The molecule has 88 valence electrons. The molecule has 0 saturated heterocycles. The summed E-state index contributed by atoms with van der Waals surface area (Å²) in [7, 11) is 0. The third kappa shape index (κ3) is 1.89. The van der Waals surface area contributed by atoms with E-state index in [2.05, 4.69) is 52.0 Å². The van der Waals surface area contributed by atoms with Crippen molar-refractivity contribution >= 4 is 0 Å². The molecule has 0 aromatic heterocycles. The summed E-state index contributed by atoms with van der Waals surface area (Å²) >= 11 is 0. The molecule has 1 atom stereocenters. The largest absolute Gasteiger partial charge is 0.321 e. The van der Waals surface area contributed by atoms with E-state index in [9.17, 15) is 0 Å². The maximum Gasteiger partial charge on any atom is 0.0468 e. The van der Waals surface area contributed by atoms with Crippen LogP contribution in [0.25, 0.3) is 0 Å². The van der Waals surface area contributed by atoms with E-state index in [4.69, 9.17) is 5.73 Å². The minimum absolute atomic E-state index is 0.0800. The molecule has 1 aliphatic carbocycles. The summed E-state index contributed by atoms with van der Waals surface area (Å²) in [6, 6.07) is 8.90. The maximum absolute atomic E-state index is 6.40. The second kappa shape index (κ2) is 3.59. The monoisotopic (exact) mass is 217 g/mol. The van der Waals surface area contributed by atoms with Crippen LogP contribution < -0.4 is 5.73 Å². The predicted molar refractivity (Wildman–Crippen MR) is 69.2 cm³/mol. The summed E-state index contributed by atoms with van der Waals surface area (Å²) in [6.07, 6.45) is 2.25. The van der Waals surface area contributed by atoms with Gasteiger partial charge >= 0.3 is 0 Å². The van der Waals surface area contributed by atoms with E-state index >= 15 is 0 Å². The van der Waals surface area contributed by atoms with E-state index in [0.717, 1.165) is 18.8 Å². The van der Waals surface area contributed by atoms with Crippen LogP contribution in [0.1, 0.15) is 45.2 Å². The zero-order chi connectivity index (χ0) is 12.0. The first kappa shape index (κ1) is 11.7. The maximum atomic E-state index is 6.40. The molecular formula is C15H23N. The molecule has 0 amide bonds. The third-order valence-electron chi connectivity index (χ3n) is 3.92. The Balaban J connectivity index is 2.15. The lowest BCUT2D eigenvalue weighted by Crippen LogP contribution is -2.25. The van der Waals surface area contributed by atoms with E-state index < -0.39 is 0 Å². The fourth-order valence-electron chi connectivity index (χ4n) is 2.56. The highest BCUT2D eigenvalue weighted by atomic mass is 14.9. The second-order valence-electron chi connectivity index (χ2n) is 6.33. The van der Waals surface area contributed by atoms with Crippen LogP contribution in [0.5, 0.6) is 0 Å². The van der Waals surface area contributed by atoms with Crippen molar-refractivity contribution in [1.29, 1.82) is 0 Å². The van der Waals surface area contributed by atoms with Crippen molar-refractivity contribution in [2.24, 2.45) is 17.1 Å². The van der Waals surface area contributed by atoms with Gasteiger partial charge in [-0.05, 0) is 35.3 Å². The van der Waals surface area contributed by atoms with E-state index in [1.807, 2.05) is 0 Å². The lowest BCUT2D eigenvalue weighted by Gasteiger charge is -2.16. The molecule has 0 heterocycles. The van der Waals surface area contributed by atoms with Gasteiger partial charge in [0.25, 0.3) is 0 Å². The van der Waals surface area contributed by atoms with E-state index in [0.29, 0.717) is 0 Å². The van der Waals surface area contributed by atoms with Gasteiger partial charge in [-0.15, -0.1) is 0 Å². The second-order valence-corrected chi connectivity index (χ2v) is 6.33. The summed E-state index contributed by atoms with van der Waals surface area (Å²) in [5, 5.41) is 0. The molecule has 1 fully saturated rings. The summed E-state index contributed by atoms with van der Waals surface area (Å²) < 4.78 is 0. The van der Waals surface area contributed by atoms with Gasteiger partial charge in [-0.1, -0.05) is 52.0 Å². The standard InChI is InChI=1S/C15H23N/c1-11(2)9-12-5-7-13(8-6-12)15(16)10-14(15,3)4/h5-8,11H,9-10,16H2,1-4H3. The van der Waals surface area contributed by atoms with Gasteiger partial charge in [-0.3, -0.25) is 0 Å². The SMILES string of the molecule is CC(C)Cc1ccc(C2(N)CC2(C)C)cc1. The van der Waals surface area contributed by atoms with Crippen molar-refractivity contribution in [1.82, 2.24) is 0 Å². The molecule has 0 spiro atoms. The van der Waals surface area contributed by atoms with Crippen molar-refractivity contribution in [3.05, 3.63) is 35.4 Å². The molecule has 1 unspecified atom stereocenters. The van der Waals surface area contributed by atoms with Gasteiger partial charge in [0.05, 0.1) is 0 Å². The Morgan fingerprint density at radius 2 is 1.69 bits per heavy atom. The Bertz CT molecular complexity index is 375. The molecule has 1 saturated carbocycles. The average Bonchev–Trinajstić information content (AvgIpc) is 2.67. The first-order valence-corrected chi connectivity index (χ1v) is 6.23. The number of hydrogen-bond donors (Lipinski definition) is 1. The van der Waals surface area contributed by atoms with Gasteiger partial charge in [-0.2, -0.15) is 0 Å². The number of nitrogens with two attached hydrogens (primary N) is 1. The van der Waals surface area contributed by atoms with Crippen LogP contribution in [0.3, 0.4) is 0 Å². The fraction of sp³-hybridized carbons (Fsp3) is 0.600. The predicted octanol–water partition coefficient (Wildman–Crippen LogP) is 3.47. The molecule has 0 radical (unpaired) electrons. The normalized spacial score (nSPS) is 27.1. The number of hydrogen-bond acceptors (Lipinski definition) is 1. The average molecular weight is 217 g/mol. The molecule has 2 rings (SSSR count). The fourth-order valence-corrected chi connectivity index (χ4v) is 2.56. The molecule has 1 aromatic carbocycles. The first-order valence-electron chi connectivity index (χ1n) is 6.23. The van der Waals surface area contributed by atoms with Crippen molar-refractivity contribution in [3.8, 4) is 0 Å². The van der Waals surface area contributed by atoms with Gasteiger partial charge in [-0.25, -0.2) is 0 Å². The highest BCUT2D eigenvalue weighted by Gasteiger charge is 2.59. The van der Waals surface area contributed by atoms with Crippen molar-refractivity contribution < 1.29 is 0 Å². The van der Waals surface area contributed by atoms with Gasteiger partial charge in [0.1, 0.15) is 0 Å². The number of benzene rings is 1. The molecule has 1 aromatic rings. The summed E-state index contributed by atoms with van der Waals surface area (Å²) in [4.78, 5) is 0. The third-order valence-corrected chi connectivity index (χ3v) is 3.92. The quantitative estimate of drug-likeness (QED) is 0.824. The van der Waals surface area contributed by atoms with Gasteiger partial charge in [0, 0.05) is 5.54 Å². The van der Waals surface area contributed by atoms with Crippen LogP contribution in [-0.4, -0.2) is 0 Å². The molecule has 16 heavy (non-hydrogen) atoms. The number of rotatable bonds is 3. The lowest BCUT2D eigenvalue weighted by atomic mass is 9.94. The molecule has 1 nitrogen and oxygen atoms in total. The summed E-state index contributed by atoms with van der Waals surface area (Å²) in [6.45, 7) is 8.99. The van der Waals surface area contributed by atoms with E-state index in [1.54, 1.807) is 0 Å². The van der Waals surface area contributed by atoms with Crippen LogP contribution in [0, 0.1) is 11.3 Å². The summed E-state index contributed by atoms with van der Waals surface area (Å²) in [5.41, 5.74) is 9.30. The molecular weight excluding hydrogens is 194 g/mol. The van der Waals surface area contributed by atoms with Crippen LogP contribution >= 0.6 is 0 Å². The van der Waals surface area contributed by atoms with Crippen LogP contribution in [-0.2, 0) is 12.0 Å². The first-order chi connectivity index (χ1) is 7.35. The lowest BCUT2D eigenvalue weighted by molar-refractivity contribution is 0.510. The van der Waals surface area contributed by atoms with Crippen LogP contribution in [0.4, 0.5) is 0 Å². The molecule has 0 aliphatic heterocycles. The van der Waals surface area contributed by atoms with E-state index in [1.165, 1.54) is 11.1 Å². The minimum atomic E-state index is -0.0800.